The first kappa shape index (κ1) is 15.6. The Balaban J connectivity index is 2.25. The minimum Gasteiger partial charge on any atom is -0.395 e. The summed E-state index contributed by atoms with van der Waals surface area (Å²) in [5.74, 6) is 6.04. The SMILES string of the molecule is Cc1ccc(C(=O)N2CCCCCC2)c(C#CCCO)c1. The van der Waals surface area contributed by atoms with Gasteiger partial charge in [0.15, 0.2) is 0 Å². The van der Waals surface area contributed by atoms with Crippen molar-refractivity contribution in [1.29, 1.82) is 0 Å². The van der Waals surface area contributed by atoms with Crippen molar-refractivity contribution in [1.82, 2.24) is 4.90 Å². The maximum Gasteiger partial charge on any atom is 0.255 e. The van der Waals surface area contributed by atoms with E-state index in [4.69, 9.17) is 5.11 Å². The van der Waals surface area contributed by atoms with Crippen LogP contribution in [0, 0.1) is 18.8 Å². The molecule has 1 fully saturated rings. The fourth-order valence-corrected chi connectivity index (χ4v) is 2.61. The Kier molecular flexibility index (Phi) is 5.83. The Morgan fingerprint density at radius 2 is 1.95 bits per heavy atom. The van der Waals surface area contributed by atoms with Gasteiger partial charge in [0.25, 0.3) is 5.91 Å². The number of nitrogens with zero attached hydrogens (tertiary/aromatic N) is 1. The van der Waals surface area contributed by atoms with Crippen molar-refractivity contribution in [3.05, 3.63) is 34.9 Å². The number of aryl methyl sites for hydroxylation is 1. The Morgan fingerprint density at radius 1 is 1.24 bits per heavy atom. The minimum atomic E-state index is 0.0498. The molecule has 21 heavy (non-hydrogen) atoms. The summed E-state index contributed by atoms with van der Waals surface area (Å²) < 4.78 is 0. The van der Waals surface area contributed by atoms with Crippen LogP contribution in [-0.4, -0.2) is 35.6 Å². The van der Waals surface area contributed by atoms with Crippen LogP contribution in [0.3, 0.4) is 0 Å². The predicted octanol–water partition coefficient (Wildman–Crippen LogP) is 2.75. The monoisotopic (exact) mass is 285 g/mol. The number of carbonyl (C=O) groups excluding carboxylic acids is 1. The lowest BCUT2D eigenvalue weighted by Gasteiger charge is -2.21. The van der Waals surface area contributed by atoms with Gasteiger partial charge >= 0.3 is 0 Å². The normalized spacial score (nSPS) is 15.0. The second-order valence-corrected chi connectivity index (χ2v) is 5.53. The largest absolute Gasteiger partial charge is 0.395 e. The molecule has 1 aliphatic rings. The number of carbonyl (C=O) groups is 1. The first-order chi connectivity index (χ1) is 10.2. The van der Waals surface area contributed by atoms with E-state index in [-0.39, 0.29) is 12.5 Å². The number of likely N-dealkylation sites (tertiary alicyclic amines) is 1. The van der Waals surface area contributed by atoms with Crippen molar-refractivity contribution in [2.75, 3.05) is 19.7 Å². The Morgan fingerprint density at radius 3 is 2.62 bits per heavy atom. The molecule has 0 unspecified atom stereocenters. The maximum atomic E-state index is 12.7. The molecule has 0 aliphatic carbocycles. The molecule has 0 spiro atoms. The molecule has 3 heteroatoms. The van der Waals surface area contributed by atoms with Crippen LogP contribution in [0.2, 0.25) is 0 Å². The van der Waals surface area contributed by atoms with Crippen LogP contribution >= 0.6 is 0 Å². The van der Waals surface area contributed by atoms with E-state index < -0.39 is 0 Å². The molecule has 1 saturated heterocycles. The molecular weight excluding hydrogens is 262 g/mol. The van der Waals surface area contributed by atoms with Crippen molar-refractivity contribution >= 4 is 5.91 Å². The zero-order valence-electron chi connectivity index (χ0n) is 12.7. The molecule has 0 aromatic heterocycles. The molecule has 1 aromatic carbocycles. The Hall–Kier alpha value is -1.79. The molecule has 0 radical (unpaired) electrons. The van der Waals surface area contributed by atoms with Gasteiger partial charge in [-0.05, 0) is 37.5 Å². The Labute approximate surface area is 127 Å². The zero-order valence-corrected chi connectivity index (χ0v) is 12.7. The summed E-state index contributed by atoms with van der Waals surface area (Å²) in [7, 11) is 0. The van der Waals surface area contributed by atoms with Crippen molar-refractivity contribution in [2.45, 2.75) is 39.0 Å². The number of amides is 1. The second-order valence-electron chi connectivity index (χ2n) is 5.53. The van der Waals surface area contributed by atoms with E-state index in [2.05, 4.69) is 11.8 Å². The zero-order chi connectivity index (χ0) is 15.1. The molecule has 1 heterocycles. The van der Waals surface area contributed by atoms with Gasteiger partial charge < -0.3 is 10.0 Å². The third-order valence-electron chi connectivity index (χ3n) is 3.76. The van der Waals surface area contributed by atoms with E-state index in [1.165, 1.54) is 12.8 Å². The molecular formula is C18H23NO2. The van der Waals surface area contributed by atoms with Crippen LogP contribution in [0.5, 0.6) is 0 Å². The summed E-state index contributed by atoms with van der Waals surface area (Å²) in [6.07, 6.45) is 5.03. The van der Waals surface area contributed by atoms with Gasteiger partial charge in [0, 0.05) is 25.1 Å². The quantitative estimate of drug-likeness (QED) is 0.849. The number of hydrogen-bond acceptors (Lipinski definition) is 2. The number of aliphatic hydroxyl groups excluding tert-OH is 1. The van der Waals surface area contributed by atoms with Gasteiger partial charge in [0.1, 0.15) is 0 Å². The summed E-state index contributed by atoms with van der Waals surface area (Å²) >= 11 is 0. The van der Waals surface area contributed by atoms with Crippen molar-refractivity contribution < 1.29 is 9.90 Å². The molecule has 1 amide bonds. The molecule has 0 bridgehead atoms. The minimum absolute atomic E-state index is 0.0498. The van der Waals surface area contributed by atoms with Gasteiger partial charge in [-0.2, -0.15) is 0 Å². The van der Waals surface area contributed by atoms with Gasteiger partial charge in [-0.25, -0.2) is 0 Å². The summed E-state index contributed by atoms with van der Waals surface area (Å²) in [5, 5.41) is 8.83. The van der Waals surface area contributed by atoms with E-state index in [9.17, 15) is 4.79 Å². The highest BCUT2D eigenvalue weighted by molar-refractivity contribution is 5.96. The van der Waals surface area contributed by atoms with Crippen LogP contribution in [0.4, 0.5) is 0 Å². The van der Waals surface area contributed by atoms with Gasteiger partial charge in [-0.3, -0.25) is 4.79 Å². The average Bonchev–Trinajstić information content (AvgIpc) is 2.76. The van der Waals surface area contributed by atoms with E-state index in [0.717, 1.165) is 37.1 Å². The summed E-state index contributed by atoms with van der Waals surface area (Å²) in [6, 6.07) is 5.79. The van der Waals surface area contributed by atoms with Crippen molar-refractivity contribution in [3.63, 3.8) is 0 Å². The number of aliphatic hydroxyl groups is 1. The van der Waals surface area contributed by atoms with Gasteiger partial charge in [-0.15, -0.1) is 0 Å². The van der Waals surface area contributed by atoms with E-state index >= 15 is 0 Å². The lowest BCUT2D eigenvalue weighted by Crippen LogP contribution is -2.32. The number of benzene rings is 1. The van der Waals surface area contributed by atoms with E-state index in [1.54, 1.807) is 0 Å². The van der Waals surface area contributed by atoms with E-state index in [0.29, 0.717) is 12.0 Å². The summed E-state index contributed by atoms with van der Waals surface area (Å²) in [6.45, 7) is 3.73. The van der Waals surface area contributed by atoms with Crippen LogP contribution < -0.4 is 0 Å². The van der Waals surface area contributed by atoms with Gasteiger partial charge in [-0.1, -0.05) is 30.7 Å². The Bertz CT molecular complexity index is 546. The molecule has 112 valence electrons. The molecule has 1 N–H and O–H groups in total. The second kappa shape index (κ2) is 7.85. The molecule has 0 saturated carbocycles. The topological polar surface area (TPSA) is 40.5 Å². The van der Waals surface area contributed by atoms with Crippen molar-refractivity contribution in [3.8, 4) is 11.8 Å². The molecule has 3 nitrogen and oxygen atoms in total. The summed E-state index contributed by atoms with van der Waals surface area (Å²) in [5.41, 5.74) is 2.56. The van der Waals surface area contributed by atoms with Crippen LogP contribution in [-0.2, 0) is 0 Å². The van der Waals surface area contributed by atoms with Crippen LogP contribution in [0.25, 0.3) is 0 Å². The number of hydrogen-bond donors (Lipinski definition) is 1. The van der Waals surface area contributed by atoms with Crippen molar-refractivity contribution in [2.24, 2.45) is 0 Å². The third-order valence-corrected chi connectivity index (χ3v) is 3.76. The molecule has 0 atom stereocenters. The number of rotatable bonds is 2. The van der Waals surface area contributed by atoms with Crippen LogP contribution in [0.1, 0.15) is 53.6 Å². The third kappa shape index (κ3) is 4.34. The molecule has 1 aromatic rings. The first-order valence-electron chi connectivity index (χ1n) is 7.72. The lowest BCUT2D eigenvalue weighted by atomic mass is 10.0. The maximum absolute atomic E-state index is 12.7. The van der Waals surface area contributed by atoms with Gasteiger partial charge in [0.05, 0.1) is 12.2 Å². The van der Waals surface area contributed by atoms with E-state index in [1.807, 2.05) is 30.0 Å². The van der Waals surface area contributed by atoms with Gasteiger partial charge in [0.2, 0.25) is 0 Å². The lowest BCUT2D eigenvalue weighted by molar-refractivity contribution is 0.0761. The molecule has 1 aliphatic heterocycles. The first-order valence-corrected chi connectivity index (χ1v) is 7.72. The highest BCUT2D eigenvalue weighted by atomic mass is 16.2. The van der Waals surface area contributed by atoms with Crippen LogP contribution in [0.15, 0.2) is 18.2 Å². The summed E-state index contributed by atoms with van der Waals surface area (Å²) in [4.78, 5) is 14.7. The average molecular weight is 285 g/mol. The fraction of sp³-hybridized carbons (Fsp3) is 0.500. The molecule has 2 rings (SSSR count). The smallest absolute Gasteiger partial charge is 0.255 e. The highest BCUT2D eigenvalue weighted by Gasteiger charge is 2.19. The highest BCUT2D eigenvalue weighted by Crippen LogP contribution is 2.17. The fourth-order valence-electron chi connectivity index (χ4n) is 2.61. The standard InChI is InChI=1S/C18H23NO2/c1-15-9-10-17(16(14-15)8-4-7-13-20)18(21)19-11-5-2-3-6-12-19/h9-10,14,20H,2-3,5-7,11-13H2,1H3. The predicted molar refractivity (Wildman–Crippen MR) is 84.1 cm³/mol.